The van der Waals surface area contributed by atoms with Crippen LogP contribution in [0.3, 0.4) is 0 Å². The zero-order valence-corrected chi connectivity index (χ0v) is 14.9. The van der Waals surface area contributed by atoms with Gasteiger partial charge in [0, 0.05) is 19.2 Å². The van der Waals surface area contributed by atoms with Gasteiger partial charge >= 0.3 is 12.1 Å². The predicted octanol–water partition coefficient (Wildman–Crippen LogP) is 2.25. The van der Waals surface area contributed by atoms with Crippen LogP contribution in [0.4, 0.5) is 10.6 Å². The van der Waals surface area contributed by atoms with E-state index in [9.17, 15) is 9.59 Å². The molecule has 5 rings (SSSR count). The molecule has 3 aliphatic rings. The standard InChI is InChI=1S/C19H20N4O4/c1-26-18(24)14-7-8-16(20-10-14)21-23-15-9-17(23)22(11-15)19(25)27-12-13-5-3-2-4-6-13/h2-8,10,15,17H,9,11-12H2,1H3,(H,20,21). The summed E-state index contributed by atoms with van der Waals surface area (Å²) in [4.78, 5) is 29.8. The number of hydrazine groups is 1. The minimum atomic E-state index is -0.426. The summed E-state index contributed by atoms with van der Waals surface area (Å²) in [6, 6.07) is 13.2. The van der Waals surface area contributed by atoms with Crippen LogP contribution >= 0.6 is 0 Å². The van der Waals surface area contributed by atoms with E-state index in [1.54, 1.807) is 17.0 Å². The average Bonchev–Trinajstić information content (AvgIpc) is 3.31. The summed E-state index contributed by atoms with van der Waals surface area (Å²) in [7, 11) is 1.33. The molecule has 8 nitrogen and oxygen atoms in total. The van der Waals surface area contributed by atoms with Crippen LogP contribution in [0.5, 0.6) is 0 Å². The summed E-state index contributed by atoms with van der Waals surface area (Å²) in [6.07, 6.45) is 1.99. The van der Waals surface area contributed by atoms with Crippen molar-refractivity contribution in [1.82, 2.24) is 14.9 Å². The molecule has 3 fully saturated rings. The van der Waals surface area contributed by atoms with Gasteiger partial charge in [0.2, 0.25) is 0 Å². The van der Waals surface area contributed by atoms with E-state index in [2.05, 4.69) is 15.1 Å². The maximum absolute atomic E-state index is 12.4. The van der Waals surface area contributed by atoms with Crippen molar-refractivity contribution in [3.05, 3.63) is 59.8 Å². The Bertz CT molecular complexity index is 827. The molecule has 8 heteroatoms. The molecule has 0 radical (unpaired) electrons. The first-order valence-corrected chi connectivity index (χ1v) is 8.72. The highest BCUT2D eigenvalue weighted by Crippen LogP contribution is 2.37. The largest absolute Gasteiger partial charge is 0.465 e. The van der Waals surface area contributed by atoms with E-state index in [0.29, 0.717) is 17.9 Å². The molecule has 3 aliphatic heterocycles. The Balaban J connectivity index is 1.32. The number of aromatic nitrogens is 1. The van der Waals surface area contributed by atoms with E-state index in [4.69, 9.17) is 4.74 Å². The SMILES string of the molecule is COC(=O)c1ccc(NN2C3CC2N(C(=O)OCc2ccccc2)C3)nc1. The Morgan fingerprint density at radius 2 is 2.04 bits per heavy atom. The van der Waals surface area contributed by atoms with Crippen molar-refractivity contribution in [3.8, 4) is 0 Å². The molecule has 1 aromatic carbocycles. The van der Waals surface area contributed by atoms with Gasteiger partial charge in [-0.05, 0) is 17.7 Å². The van der Waals surface area contributed by atoms with Crippen molar-refractivity contribution in [2.75, 3.05) is 19.1 Å². The number of fused-ring (bicyclic) bond motifs is 1. The molecule has 1 N–H and O–H groups in total. The monoisotopic (exact) mass is 368 g/mol. The van der Waals surface area contributed by atoms with Crippen LogP contribution in [-0.4, -0.2) is 52.8 Å². The van der Waals surface area contributed by atoms with Crippen LogP contribution in [0.15, 0.2) is 48.7 Å². The van der Waals surface area contributed by atoms with Crippen molar-refractivity contribution >= 4 is 17.9 Å². The number of methoxy groups -OCH3 is 1. The van der Waals surface area contributed by atoms with Gasteiger partial charge in [0.1, 0.15) is 18.6 Å². The minimum Gasteiger partial charge on any atom is -0.465 e. The van der Waals surface area contributed by atoms with Gasteiger partial charge in [-0.15, -0.1) is 0 Å². The van der Waals surface area contributed by atoms with E-state index < -0.39 is 5.97 Å². The number of rotatable bonds is 5. The fourth-order valence-corrected chi connectivity index (χ4v) is 3.36. The quantitative estimate of drug-likeness (QED) is 0.810. The number of esters is 1. The first kappa shape index (κ1) is 17.3. The first-order valence-electron chi connectivity index (χ1n) is 8.72. The van der Waals surface area contributed by atoms with Gasteiger partial charge < -0.3 is 14.9 Å². The van der Waals surface area contributed by atoms with Crippen LogP contribution in [0.1, 0.15) is 22.3 Å². The highest BCUT2D eigenvalue weighted by atomic mass is 16.6. The zero-order valence-electron chi connectivity index (χ0n) is 14.9. The molecular weight excluding hydrogens is 348 g/mol. The molecule has 2 aromatic rings. The predicted molar refractivity (Wildman–Crippen MR) is 96.6 cm³/mol. The smallest absolute Gasteiger partial charge is 0.411 e. The molecule has 4 heterocycles. The molecule has 2 atom stereocenters. The number of nitrogens with zero attached hydrogens (tertiary/aromatic N) is 3. The molecule has 2 bridgehead atoms. The molecule has 0 spiro atoms. The minimum absolute atomic E-state index is 0.0552. The number of anilines is 1. The second-order valence-corrected chi connectivity index (χ2v) is 6.51. The van der Waals surface area contributed by atoms with Gasteiger partial charge in [-0.2, -0.15) is 5.01 Å². The molecule has 2 unspecified atom stereocenters. The maximum atomic E-state index is 12.4. The highest BCUT2D eigenvalue weighted by Gasteiger charge is 2.53. The van der Waals surface area contributed by atoms with E-state index in [1.807, 2.05) is 35.3 Å². The van der Waals surface area contributed by atoms with Crippen molar-refractivity contribution in [1.29, 1.82) is 0 Å². The van der Waals surface area contributed by atoms with Crippen molar-refractivity contribution in [2.45, 2.75) is 25.2 Å². The van der Waals surface area contributed by atoms with Crippen molar-refractivity contribution in [3.63, 3.8) is 0 Å². The number of carbonyl (C=O) groups excluding carboxylic acids is 2. The summed E-state index contributed by atoms with van der Waals surface area (Å²) in [5, 5.41) is 1.99. The number of benzene rings is 1. The molecule has 27 heavy (non-hydrogen) atoms. The average molecular weight is 368 g/mol. The third-order valence-corrected chi connectivity index (χ3v) is 4.83. The maximum Gasteiger partial charge on any atom is 0.411 e. The Morgan fingerprint density at radius 3 is 2.74 bits per heavy atom. The normalized spacial score (nSPS) is 20.7. The van der Waals surface area contributed by atoms with Gasteiger partial charge in [0.25, 0.3) is 0 Å². The number of carbonyl (C=O) groups is 2. The summed E-state index contributed by atoms with van der Waals surface area (Å²) in [5.74, 6) is 0.183. The number of hydrogen-bond acceptors (Lipinski definition) is 7. The van der Waals surface area contributed by atoms with Crippen LogP contribution in [0, 0.1) is 0 Å². The molecule has 0 aliphatic carbocycles. The van der Waals surface area contributed by atoms with Gasteiger partial charge in [-0.3, -0.25) is 4.90 Å². The Morgan fingerprint density at radius 1 is 1.22 bits per heavy atom. The number of hydrogen-bond donors (Lipinski definition) is 1. The summed E-state index contributed by atoms with van der Waals surface area (Å²) >= 11 is 0. The molecule has 3 saturated heterocycles. The second-order valence-electron chi connectivity index (χ2n) is 6.51. The van der Waals surface area contributed by atoms with E-state index in [-0.39, 0.29) is 24.9 Å². The molecular formula is C19H20N4O4. The van der Waals surface area contributed by atoms with Gasteiger partial charge in [0.05, 0.1) is 18.7 Å². The number of pyridine rings is 1. The number of amides is 1. The van der Waals surface area contributed by atoms with Crippen molar-refractivity contribution in [2.24, 2.45) is 0 Å². The topological polar surface area (TPSA) is 84.0 Å². The van der Waals surface area contributed by atoms with Crippen LogP contribution in [0.2, 0.25) is 0 Å². The van der Waals surface area contributed by atoms with E-state index in [0.717, 1.165) is 12.0 Å². The van der Waals surface area contributed by atoms with Gasteiger partial charge in [-0.25, -0.2) is 14.6 Å². The molecule has 0 saturated carbocycles. The third-order valence-electron chi connectivity index (χ3n) is 4.83. The van der Waals surface area contributed by atoms with Crippen molar-refractivity contribution < 1.29 is 19.1 Å². The van der Waals surface area contributed by atoms with Crippen LogP contribution in [0.25, 0.3) is 0 Å². The first-order chi connectivity index (χ1) is 13.2. The summed E-state index contributed by atoms with van der Waals surface area (Å²) < 4.78 is 10.1. The summed E-state index contributed by atoms with van der Waals surface area (Å²) in [5.41, 5.74) is 4.55. The fourth-order valence-electron chi connectivity index (χ4n) is 3.36. The summed E-state index contributed by atoms with van der Waals surface area (Å²) in [6.45, 7) is 0.878. The lowest BCUT2D eigenvalue weighted by atomic mass is 10.1. The molecule has 1 aromatic heterocycles. The van der Waals surface area contributed by atoms with Crippen LogP contribution < -0.4 is 5.43 Å². The van der Waals surface area contributed by atoms with Gasteiger partial charge in [0.15, 0.2) is 0 Å². The Kier molecular flexibility index (Phi) is 4.64. The molecule has 1 amide bonds. The molecule has 140 valence electrons. The fraction of sp³-hybridized carbons (Fsp3) is 0.316. The Hall–Kier alpha value is -3.13. The lowest BCUT2D eigenvalue weighted by molar-refractivity contribution is 0.0401. The van der Waals surface area contributed by atoms with E-state index in [1.165, 1.54) is 13.3 Å². The highest BCUT2D eigenvalue weighted by molar-refractivity contribution is 5.89. The second kappa shape index (κ2) is 7.24. The zero-order chi connectivity index (χ0) is 18.8. The lowest BCUT2D eigenvalue weighted by Gasteiger charge is -2.40. The number of ether oxygens (including phenoxy) is 2. The third kappa shape index (κ3) is 3.43. The lowest BCUT2D eigenvalue weighted by Crippen LogP contribution is -2.55. The Labute approximate surface area is 156 Å². The van der Waals surface area contributed by atoms with Gasteiger partial charge in [-0.1, -0.05) is 30.3 Å². The number of nitrogens with one attached hydrogen (secondary N) is 1. The van der Waals surface area contributed by atoms with E-state index >= 15 is 0 Å². The van der Waals surface area contributed by atoms with Crippen LogP contribution in [-0.2, 0) is 16.1 Å².